The second kappa shape index (κ2) is 11.0. The molecule has 4 atom stereocenters. The molecule has 2 fully saturated rings. The molecule has 0 nitrogen and oxygen atoms in total. The number of hydrogen-bond acceptors (Lipinski definition) is 0. The molecule has 6 rings (SSSR count). The van der Waals surface area contributed by atoms with Crippen LogP contribution in [0.5, 0.6) is 0 Å². The highest BCUT2D eigenvalue weighted by atomic mass is 31.2. The lowest BCUT2D eigenvalue weighted by Gasteiger charge is -2.41. The summed E-state index contributed by atoms with van der Waals surface area (Å²) in [4.78, 5) is 0. The topological polar surface area (TPSA) is 0 Å². The van der Waals surface area contributed by atoms with Crippen LogP contribution in [0.15, 0.2) is 121 Å². The molecule has 0 aromatic heterocycles. The smallest absolute Gasteiger partial charge is 0.00532 e. The van der Waals surface area contributed by atoms with Gasteiger partial charge in [0.2, 0.25) is 0 Å². The van der Waals surface area contributed by atoms with E-state index in [2.05, 4.69) is 128 Å². The van der Waals surface area contributed by atoms with Gasteiger partial charge in [0, 0.05) is 22.6 Å². The Morgan fingerprint density at radius 2 is 0.639 bits per heavy atom. The molecule has 0 amide bonds. The van der Waals surface area contributed by atoms with E-state index in [0.29, 0.717) is 22.6 Å². The van der Waals surface area contributed by atoms with Gasteiger partial charge in [-0.1, -0.05) is 144 Å². The van der Waals surface area contributed by atoms with Crippen LogP contribution in [-0.4, -0.2) is 5.40 Å². The summed E-state index contributed by atoms with van der Waals surface area (Å²) in [6, 6.07) is 46.0. The van der Waals surface area contributed by atoms with Crippen molar-refractivity contribution in [1.82, 2.24) is 0 Å². The molecule has 0 bridgehead atoms. The van der Waals surface area contributed by atoms with Gasteiger partial charge in [-0.2, -0.15) is 0 Å². The van der Waals surface area contributed by atoms with E-state index >= 15 is 0 Å². The molecule has 2 saturated heterocycles. The summed E-state index contributed by atoms with van der Waals surface area (Å²) < 4.78 is 0. The Labute approximate surface area is 219 Å². The first-order valence-corrected chi connectivity index (χ1v) is 16.7. The van der Waals surface area contributed by atoms with Crippen LogP contribution in [0.2, 0.25) is 0 Å². The lowest BCUT2D eigenvalue weighted by Crippen LogP contribution is -2.10. The van der Waals surface area contributed by atoms with Crippen molar-refractivity contribution in [3.63, 3.8) is 0 Å². The van der Waals surface area contributed by atoms with Gasteiger partial charge in [0.25, 0.3) is 0 Å². The van der Waals surface area contributed by atoms with Gasteiger partial charge in [-0.05, 0) is 53.3 Å². The van der Waals surface area contributed by atoms with Crippen molar-refractivity contribution in [2.24, 2.45) is 0 Å². The van der Waals surface area contributed by atoms with Gasteiger partial charge >= 0.3 is 0 Å². The Morgan fingerprint density at radius 1 is 0.417 bits per heavy atom. The highest BCUT2D eigenvalue weighted by Crippen LogP contribution is 2.84. The molecule has 2 aliphatic heterocycles. The lowest BCUT2D eigenvalue weighted by molar-refractivity contribution is 0.765. The van der Waals surface area contributed by atoms with Crippen molar-refractivity contribution >= 4 is 15.8 Å². The zero-order chi connectivity index (χ0) is 24.3. The Kier molecular flexibility index (Phi) is 7.37. The van der Waals surface area contributed by atoms with E-state index in [1.807, 2.05) is 0 Å². The lowest BCUT2D eigenvalue weighted by atomic mass is 10.0. The normalized spacial score (nSPS) is 24.9. The van der Waals surface area contributed by atoms with Gasteiger partial charge in [-0.15, -0.1) is 0 Å². The molecular weight excluding hydrogens is 470 g/mol. The average molecular weight is 507 g/mol. The van der Waals surface area contributed by atoms with E-state index in [4.69, 9.17) is 0 Å². The maximum Gasteiger partial charge on any atom is 0.00532 e. The summed E-state index contributed by atoms with van der Waals surface area (Å²) in [6.45, 7) is 2.67. The van der Waals surface area contributed by atoms with Crippen molar-refractivity contribution < 1.29 is 0 Å². The van der Waals surface area contributed by atoms with E-state index < -0.39 is 0 Å². The molecular formula is C34H36P2. The summed E-state index contributed by atoms with van der Waals surface area (Å²) in [5.41, 5.74) is 9.14. The molecule has 0 saturated carbocycles. The zero-order valence-electron chi connectivity index (χ0n) is 21.2. The highest BCUT2D eigenvalue weighted by Gasteiger charge is 2.48. The summed E-state index contributed by atoms with van der Waals surface area (Å²) in [5, 5.41) is 0.755. The van der Waals surface area contributed by atoms with Crippen LogP contribution < -0.4 is 0 Å². The minimum Gasteiger partial charge on any atom is -0.0840 e. The third-order valence-electron chi connectivity index (χ3n) is 8.47. The van der Waals surface area contributed by atoms with Gasteiger partial charge in [0.05, 0.1) is 0 Å². The van der Waals surface area contributed by atoms with Crippen molar-refractivity contribution in [2.45, 2.75) is 60.6 Å². The molecule has 4 aromatic carbocycles. The number of rotatable bonds is 6. The first-order valence-electron chi connectivity index (χ1n) is 13.6. The van der Waals surface area contributed by atoms with E-state index in [9.17, 15) is 0 Å². The van der Waals surface area contributed by atoms with E-state index in [1.54, 1.807) is 22.3 Å². The first kappa shape index (κ1) is 24.1. The van der Waals surface area contributed by atoms with E-state index in [1.165, 1.54) is 25.7 Å². The van der Waals surface area contributed by atoms with Gasteiger partial charge < -0.3 is 0 Å². The standard InChI is InChI=1S/C34H36P2/c1-26(35-31(27-14-6-2-7-15-27)22-23-32(35)28-16-8-3-9-17-28)36-33(29-18-10-4-11-19-29)24-25-34(36)30-20-12-5-13-21-30/h2-21,26,31-34H,22-25H2,1H3/t31-,32-,33-,34-/m0/s1. The molecule has 2 heteroatoms. The second-order valence-corrected chi connectivity index (χ2v) is 16.6. The molecule has 0 unspecified atom stereocenters. The quantitative estimate of drug-likeness (QED) is 0.228. The van der Waals surface area contributed by atoms with Crippen molar-refractivity contribution in [1.29, 1.82) is 0 Å². The van der Waals surface area contributed by atoms with Crippen LogP contribution in [0.25, 0.3) is 0 Å². The molecule has 36 heavy (non-hydrogen) atoms. The van der Waals surface area contributed by atoms with Gasteiger partial charge in [-0.3, -0.25) is 0 Å². The Balaban J connectivity index is 1.43. The van der Waals surface area contributed by atoms with Crippen LogP contribution >= 0.6 is 15.8 Å². The van der Waals surface area contributed by atoms with E-state index in [-0.39, 0.29) is 15.8 Å². The molecule has 0 N–H and O–H groups in total. The maximum absolute atomic E-state index is 2.67. The molecule has 2 heterocycles. The minimum atomic E-state index is -0.202. The molecule has 0 aliphatic carbocycles. The van der Waals surface area contributed by atoms with Crippen LogP contribution in [0.4, 0.5) is 0 Å². The SMILES string of the molecule is CC(P1[C@H](c2ccccc2)CC[C@H]1c1ccccc1)P1[C@H](c2ccccc2)CC[C@H]1c1ccccc1. The molecule has 0 radical (unpaired) electrons. The minimum absolute atomic E-state index is 0.202. The van der Waals surface area contributed by atoms with Crippen molar-refractivity contribution in [3.05, 3.63) is 144 Å². The Hall–Kier alpha value is -2.26. The van der Waals surface area contributed by atoms with Gasteiger partial charge in [0.1, 0.15) is 0 Å². The fourth-order valence-electron chi connectivity index (χ4n) is 6.91. The maximum atomic E-state index is 2.67. The fourth-order valence-corrected chi connectivity index (χ4v) is 16.9. The molecule has 2 aliphatic rings. The van der Waals surface area contributed by atoms with Crippen LogP contribution in [-0.2, 0) is 0 Å². The number of hydrogen-bond donors (Lipinski definition) is 0. The summed E-state index contributed by atoms with van der Waals surface area (Å²) in [5.74, 6) is 0. The van der Waals surface area contributed by atoms with E-state index in [0.717, 1.165) is 5.40 Å². The Bertz CT molecular complexity index is 1030. The summed E-state index contributed by atoms with van der Waals surface area (Å²) >= 11 is 0. The average Bonchev–Trinajstić information content (AvgIpc) is 3.60. The molecule has 4 aromatic rings. The van der Waals surface area contributed by atoms with Gasteiger partial charge in [-0.25, -0.2) is 0 Å². The Morgan fingerprint density at radius 3 is 0.861 bits per heavy atom. The van der Waals surface area contributed by atoms with Crippen LogP contribution in [0, 0.1) is 0 Å². The van der Waals surface area contributed by atoms with Crippen molar-refractivity contribution in [3.8, 4) is 0 Å². The molecule has 0 spiro atoms. The van der Waals surface area contributed by atoms with Crippen LogP contribution in [0.3, 0.4) is 0 Å². The third kappa shape index (κ3) is 4.72. The zero-order valence-corrected chi connectivity index (χ0v) is 22.9. The molecule has 182 valence electrons. The fraction of sp³-hybridized carbons (Fsp3) is 0.294. The summed E-state index contributed by atoms with van der Waals surface area (Å²) in [6.07, 6.45) is 5.31. The second-order valence-electron chi connectivity index (χ2n) is 10.4. The predicted octanol–water partition coefficient (Wildman–Crippen LogP) is 10.8. The van der Waals surface area contributed by atoms with Crippen molar-refractivity contribution in [2.75, 3.05) is 0 Å². The third-order valence-corrected chi connectivity index (χ3v) is 16.9. The number of benzene rings is 4. The predicted molar refractivity (Wildman–Crippen MR) is 159 cm³/mol. The first-order chi connectivity index (χ1) is 17.8. The largest absolute Gasteiger partial charge is 0.0840 e. The highest BCUT2D eigenvalue weighted by molar-refractivity contribution is 7.76. The monoisotopic (exact) mass is 506 g/mol. The summed E-state index contributed by atoms with van der Waals surface area (Å²) in [7, 11) is -0.404. The van der Waals surface area contributed by atoms with Crippen LogP contribution in [0.1, 0.15) is 77.5 Å². The van der Waals surface area contributed by atoms with Gasteiger partial charge in [0.15, 0.2) is 0 Å².